The van der Waals surface area contributed by atoms with Crippen molar-refractivity contribution in [2.75, 3.05) is 19.7 Å². The minimum absolute atomic E-state index is 0.454. The molecule has 6 heteroatoms. The molecule has 3 N–H and O–H groups in total. The van der Waals surface area contributed by atoms with Crippen LogP contribution in [0.15, 0.2) is 12.3 Å². The van der Waals surface area contributed by atoms with Gasteiger partial charge in [0.2, 0.25) is 0 Å². The number of rotatable bonds is 7. The Bertz CT molecular complexity index is 170. The van der Waals surface area contributed by atoms with Gasteiger partial charge in [0, 0.05) is 13.0 Å². The maximum atomic E-state index is 11.7. The number of alkyl halides is 3. The Hall–Kier alpha value is -0.590. The molecule has 0 saturated heterocycles. The van der Waals surface area contributed by atoms with Crippen LogP contribution >= 0.6 is 0 Å². The number of hydrogen-bond donors (Lipinski definition) is 2. The van der Waals surface area contributed by atoms with Crippen molar-refractivity contribution < 1.29 is 23.3 Å². The number of hydrogen-bond acceptors (Lipinski definition) is 2. The fourth-order valence-electron chi connectivity index (χ4n) is 0.748. The highest BCUT2D eigenvalue weighted by atomic mass is 19.4. The zero-order valence-corrected chi connectivity index (χ0v) is 8.16. The third-order valence-electron chi connectivity index (χ3n) is 1.42. The second kappa shape index (κ2) is 6.80. The Morgan fingerprint density at radius 3 is 2.64 bits per heavy atom. The standard InChI is InChI=1S/C8H15F3N2O/c1-3-14-13-5-4-7(2)12-6-8(9,10)11/h12-13H,2-6H2,1H3/p+1. The largest absolute Gasteiger partial charge is 0.438 e. The number of quaternary nitrogens is 1. The van der Waals surface area contributed by atoms with Gasteiger partial charge >= 0.3 is 6.18 Å². The summed E-state index contributed by atoms with van der Waals surface area (Å²) in [6.45, 7) is 5.40. The van der Waals surface area contributed by atoms with Crippen LogP contribution in [-0.2, 0) is 4.84 Å². The van der Waals surface area contributed by atoms with Crippen LogP contribution in [0.5, 0.6) is 0 Å². The Balaban J connectivity index is 3.38. The number of nitrogens with one attached hydrogen (secondary N) is 1. The number of nitrogens with two attached hydrogens (primary N) is 1. The maximum Gasteiger partial charge on any atom is 0.438 e. The van der Waals surface area contributed by atoms with E-state index in [0.29, 0.717) is 25.3 Å². The van der Waals surface area contributed by atoms with Gasteiger partial charge in [-0.1, -0.05) is 0 Å². The summed E-state index contributed by atoms with van der Waals surface area (Å²) in [5.41, 5.74) is 3.07. The molecular weight excluding hydrogens is 197 g/mol. The molecule has 3 nitrogen and oxygen atoms in total. The van der Waals surface area contributed by atoms with Gasteiger partial charge < -0.3 is 10.2 Å². The van der Waals surface area contributed by atoms with Crippen molar-refractivity contribution in [1.82, 2.24) is 5.48 Å². The summed E-state index contributed by atoms with van der Waals surface area (Å²) in [7, 11) is 0. The summed E-state index contributed by atoms with van der Waals surface area (Å²) in [5.74, 6) is 0. The first-order chi connectivity index (χ1) is 6.45. The molecule has 0 aromatic heterocycles. The summed E-state index contributed by atoms with van der Waals surface area (Å²) in [5, 5.41) is 1.09. The highest BCUT2D eigenvalue weighted by molar-refractivity contribution is 4.78. The zero-order chi connectivity index (χ0) is 11.0. The number of hydroxylamine groups is 1. The second-order valence-corrected chi connectivity index (χ2v) is 2.76. The molecule has 0 unspecified atom stereocenters. The molecule has 0 atom stereocenters. The third-order valence-corrected chi connectivity index (χ3v) is 1.42. The Morgan fingerprint density at radius 1 is 1.50 bits per heavy atom. The molecule has 0 aliphatic carbocycles. The van der Waals surface area contributed by atoms with Crippen LogP contribution in [0.3, 0.4) is 0 Å². The normalized spacial score (nSPS) is 11.7. The van der Waals surface area contributed by atoms with Crippen molar-refractivity contribution in [1.29, 1.82) is 0 Å². The van der Waals surface area contributed by atoms with Crippen molar-refractivity contribution in [3.8, 4) is 0 Å². The van der Waals surface area contributed by atoms with E-state index in [4.69, 9.17) is 4.84 Å². The average molecular weight is 213 g/mol. The molecule has 0 bridgehead atoms. The smallest absolute Gasteiger partial charge is 0.310 e. The predicted octanol–water partition coefficient (Wildman–Crippen LogP) is 0.557. The van der Waals surface area contributed by atoms with E-state index < -0.39 is 12.7 Å². The van der Waals surface area contributed by atoms with Gasteiger partial charge in [-0.3, -0.25) is 0 Å². The molecule has 0 spiro atoms. The van der Waals surface area contributed by atoms with Crippen LogP contribution in [0, 0.1) is 0 Å². The maximum absolute atomic E-state index is 11.7. The van der Waals surface area contributed by atoms with Crippen LogP contribution < -0.4 is 10.8 Å². The fraction of sp³-hybridized carbons (Fsp3) is 0.750. The molecule has 0 heterocycles. The molecule has 0 saturated carbocycles. The van der Waals surface area contributed by atoms with E-state index >= 15 is 0 Å². The lowest BCUT2D eigenvalue weighted by Gasteiger charge is -2.07. The third kappa shape index (κ3) is 9.50. The average Bonchev–Trinajstić information content (AvgIpc) is 2.08. The Morgan fingerprint density at radius 2 is 2.14 bits per heavy atom. The molecule has 84 valence electrons. The summed E-state index contributed by atoms with van der Waals surface area (Å²) in [6, 6.07) is 0. The van der Waals surface area contributed by atoms with Crippen molar-refractivity contribution in [3.63, 3.8) is 0 Å². The van der Waals surface area contributed by atoms with E-state index in [9.17, 15) is 13.2 Å². The van der Waals surface area contributed by atoms with E-state index in [2.05, 4.69) is 12.1 Å². The van der Waals surface area contributed by atoms with Crippen LogP contribution in [0.2, 0.25) is 0 Å². The van der Waals surface area contributed by atoms with Gasteiger partial charge in [0.15, 0.2) is 6.54 Å². The Labute approximate surface area is 81.3 Å². The van der Waals surface area contributed by atoms with Gasteiger partial charge in [-0.15, -0.1) is 0 Å². The van der Waals surface area contributed by atoms with Crippen molar-refractivity contribution in [3.05, 3.63) is 12.3 Å². The quantitative estimate of drug-likeness (QED) is 0.479. The van der Waals surface area contributed by atoms with Gasteiger partial charge in [0.05, 0.1) is 12.3 Å². The van der Waals surface area contributed by atoms with Gasteiger partial charge in [-0.05, 0) is 13.5 Å². The van der Waals surface area contributed by atoms with Crippen molar-refractivity contribution in [2.45, 2.75) is 19.5 Å². The lowest BCUT2D eigenvalue weighted by Crippen LogP contribution is -2.85. The minimum Gasteiger partial charge on any atom is -0.310 e. The summed E-state index contributed by atoms with van der Waals surface area (Å²) in [4.78, 5) is 4.80. The van der Waals surface area contributed by atoms with E-state index in [-0.39, 0.29) is 0 Å². The summed E-state index contributed by atoms with van der Waals surface area (Å²) >= 11 is 0. The van der Waals surface area contributed by atoms with E-state index in [0.717, 1.165) is 5.32 Å². The monoisotopic (exact) mass is 213 g/mol. The predicted molar refractivity (Wildman–Crippen MR) is 46.2 cm³/mol. The summed E-state index contributed by atoms with van der Waals surface area (Å²) in [6.07, 6.45) is -3.69. The molecule has 0 rings (SSSR count). The van der Waals surface area contributed by atoms with Gasteiger partial charge in [0.25, 0.3) is 0 Å². The highest BCUT2D eigenvalue weighted by Crippen LogP contribution is 2.10. The van der Waals surface area contributed by atoms with Crippen LogP contribution in [0.4, 0.5) is 13.2 Å². The van der Waals surface area contributed by atoms with E-state index in [1.807, 2.05) is 6.92 Å². The van der Waals surface area contributed by atoms with Gasteiger partial charge in [-0.25, -0.2) is 5.48 Å². The zero-order valence-electron chi connectivity index (χ0n) is 8.16. The molecule has 0 aromatic rings. The molecule has 14 heavy (non-hydrogen) atoms. The molecule has 0 fully saturated rings. The molecule has 0 aromatic carbocycles. The molecular formula is C8H16F3N2O+. The van der Waals surface area contributed by atoms with E-state index in [1.165, 1.54) is 0 Å². The number of halogens is 3. The molecule has 0 radical (unpaired) electrons. The molecule has 0 aliphatic rings. The SMILES string of the molecule is C=C(CCNOCC)[NH2+]CC(F)(F)F. The lowest BCUT2D eigenvalue weighted by molar-refractivity contribution is -0.633. The Kier molecular flexibility index (Phi) is 6.52. The van der Waals surface area contributed by atoms with Crippen LogP contribution in [0.1, 0.15) is 13.3 Å². The highest BCUT2D eigenvalue weighted by Gasteiger charge is 2.30. The van der Waals surface area contributed by atoms with Crippen molar-refractivity contribution >= 4 is 0 Å². The first-order valence-corrected chi connectivity index (χ1v) is 4.38. The molecule has 0 aliphatic heterocycles. The van der Waals surface area contributed by atoms with Crippen LogP contribution in [0.25, 0.3) is 0 Å². The van der Waals surface area contributed by atoms with Gasteiger partial charge in [-0.2, -0.15) is 13.2 Å². The van der Waals surface area contributed by atoms with Crippen LogP contribution in [-0.4, -0.2) is 25.9 Å². The first-order valence-electron chi connectivity index (χ1n) is 4.38. The molecule has 0 amide bonds. The first kappa shape index (κ1) is 13.4. The lowest BCUT2D eigenvalue weighted by atomic mass is 10.3. The topological polar surface area (TPSA) is 37.9 Å². The van der Waals surface area contributed by atoms with Crippen molar-refractivity contribution in [2.24, 2.45) is 0 Å². The van der Waals surface area contributed by atoms with E-state index in [1.54, 1.807) is 0 Å². The summed E-state index contributed by atoms with van der Waals surface area (Å²) < 4.78 is 35.2. The second-order valence-electron chi connectivity index (χ2n) is 2.76. The fourth-order valence-corrected chi connectivity index (χ4v) is 0.748. The minimum atomic E-state index is -4.14. The van der Waals surface area contributed by atoms with Gasteiger partial charge in [0.1, 0.15) is 0 Å².